The van der Waals surface area contributed by atoms with Crippen molar-refractivity contribution < 1.29 is 17.9 Å². The standard InChI is InChI=1S/C15H12F2N4O2.C12H15F/c1-9-7-19-10-4-5-13(22)21(14(10)20-9)8-11-12(23-15(16)17)3-2-6-18-11;1-9-5-4-8-11(13)12(9)10-6-2-3-7-10/h2-7,15H,8H2,1H3;4-5,8,10H,2-3,6-7H2,1H3. The van der Waals surface area contributed by atoms with Gasteiger partial charge in [0, 0.05) is 18.5 Å². The van der Waals surface area contributed by atoms with Crippen molar-refractivity contribution in [3.8, 4) is 5.75 Å². The number of rotatable bonds is 5. The summed E-state index contributed by atoms with van der Waals surface area (Å²) in [5.41, 5.74) is 3.51. The Hall–Kier alpha value is -3.75. The van der Waals surface area contributed by atoms with Crippen LogP contribution in [0.5, 0.6) is 5.75 Å². The van der Waals surface area contributed by atoms with Crippen LogP contribution in [0.15, 0.2) is 59.7 Å². The highest BCUT2D eigenvalue weighted by molar-refractivity contribution is 5.69. The molecule has 0 spiro atoms. The lowest BCUT2D eigenvalue weighted by Gasteiger charge is -2.13. The number of hydrogen-bond donors (Lipinski definition) is 0. The minimum Gasteiger partial charge on any atom is -0.433 e. The van der Waals surface area contributed by atoms with Gasteiger partial charge >= 0.3 is 6.61 Å². The number of aryl methyl sites for hydroxylation is 2. The Morgan fingerprint density at radius 3 is 2.56 bits per heavy atom. The van der Waals surface area contributed by atoms with Crippen molar-refractivity contribution in [3.05, 3.63) is 93.5 Å². The molecule has 0 saturated heterocycles. The van der Waals surface area contributed by atoms with Gasteiger partial charge in [-0.15, -0.1) is 0 Å². The first-order valence-electron chi connectivity index (χ1n) is 11.8. The molecule has 36 heavy (non-hydrogen) atoms. The summed E-state index contributed by atoms with van der Waals surface area (Å²) in [6.45, 7) is 0.748. The summed E-state index contributed by atoms with van der Waals surface area (Å²) in [5.74, 6) is 0.403. The van der Waals surface area contributed by atoms with Crippen LogP contribution in [-0.4, -0.2) is 26.1 Å². The summed E-state index contributed by atoms with van der Waals surface area (Å²) < 4.78 is 44.2. The van der Waals surface area contributed by atoms with Gasteiger partial charge in [-0.1, -0.05) is 25.0 Å². The predicted octanol–water partition coefficient (Wildman–Crippen LogP) is 5.94. The summed E-state index contributed by atoms with van der Waals surface area (Å²) in [7, 11) is 0. The normalized spacial score (nSPS) is 13.6. The quantitative estimate of drug-likeness (QED) is 0.342. The Kier molecular flexibility index (Phi) is 7.97. The fourth-order valence-corrected chi connectivity index (χ4v) is 4.56. The largest absolute Gasteiger partial charge is 0.433 e. The van der Waals surface area contributed by atoms with Crippen LogP contribution in [0.4, 0.5) is 13.2 Å². The maximum absolute atomic E-state index is 13.5. The second kappa shape index (κ2) is 11.3. The average Bonchev–Trinajstić information content (AvgIpc) is 3.36. The highest BCUT2D eigenvalue weighted by Crippen LogP contribution is 2.36. The van der Waals surface area contributed by atoms with Gasteiger partial charge in [-0.25, -0.2) is 9.37 Å². The van der Waals surface area contributed by atoms with Crippen molar-refractivity contribution in [1.82, 2.24) is 19.5 Å². The Morgan fingerprint density at radius 2 is 1.83 bits per heavy atom. The Bertz CT molecular complexity index is 1380. The van der Waals surface area contributed by atoms with E-state index in [2.05, 4.69) is 19.7 Å². The summed E-state index contributed by atoms with van der Waals surface area (Å²) in [5, 5.41) is 0. The molecular formula is C27H27F3N4O2. The molecule has 1 fully saturated rings. The summed E-state index contributed by atoms with van der Waals surface area (Å²) in [6, 6.07) is 11.2. The molecule has 0 radical (unpaired) electrons. The van der Waals surface area contributed by atoms with E-state index in [-0.39, 0.29) is 29.4 Å². The van der Waals surface area contributed by atoms with Crippen LogP contribution in [0.1, 0.15) is 54.1 Å². The molecule has 0 atom stereocenters. The van der Waals surface area contributed by atoms with E-state index in [0.717, 1.165) is 11.1 Å². The summed E-state index contributed by atoms with van der Waals surface area (Å²) in [4.78, 5) is 24.7. The maximum Gasteiger partial charge on any atom is 0.387 e. The number of pyridine rings is 2. The molecular weight excluding hydrogens is 469 g/mol. The predicted molar refractivity (Wildman–Crippen MR) is 131 cm³/mol. The highest BCUT2D eigenvalue weighted by Gasteiger charge is 2.21. The second-order valence-electron chi connectivity index (χ2n) is 8.76. The monoisotopic (exact) mass is 496 g/mol. The molecule has 0 bridgehead atoms. The third kappa shape index (κ3) is 5.90. The van der Waals surface area contributed by atoms with E-state index < -0.39 is 6.61 Å². The van der Waals surface area contributed by atoms with Crippen molar-refractivity contribution in [2.45, 2.75) is 58.6 Å². The van der Waals surface area contributed by atoms with Crippen molar-refractivity contribution >= 4 is 11.2 Å². The van der Waals surface area contributed by atoms with Gasteiger partial charge in [0.2, 0.25) is 0 Å². The Balaban J connectivity index is 0.000000197. The number of nitrogens with zero attached hydrogens (tertiary/aromatic N) is 4. The minimum atomic E-state index is -2.97. The van der Waals surface area contributed by atoms with Crippen molar-refractivity contribution in [2.24, 2.45) is 0 Å². The van der Waals surface area contributed by atoms with Crippen LogP contribution < -0.4 is 10.3 Å². The number of alkyl halides is 2. The van der Waals surface area contributed by atoms with Gasteiger partial charge in [-0.05, 0) is 68.0 Å². The van der Waals surface area contributed by atoms with Gasteiger partial charge in [0.05, 0.1) is 12.2 Å². The first kappa shape index (κ1) is 25.3. The van der Waals surface area contributed by atoms with E-state index >= 15 is 0 Å². The van der Waals surface area contributed by atoms with E-state index in [9.17, 15) is 18.0 Å². The lowest BCUT2D eigenvalue weighted by atomic mass is 9.93. The van der Waals surface area contributed by atoms with Crippen molar-refractivity contribution in [2.75, 3.05) is 0 Å². The lowest BCUT2D eigenvalue weighted by Crippen LogP contribution is -2.22. The van der Waals surface area contributed by atoms with Gasteiger partial charge in [0.15, 0.2) is 5.65 Å². The fourth-order valence-electron chi connectivity index (χ4n) is 4.56. The van der Waals surface area contributed by atoms with Crippen LogP contribution in [0, 0.1) is 19.7 Å². The second-order valence-corrected chi connectivity index (χ2v) is 8.76. The molecule has 3 heterocycles. The summed E-state index contributed by atoms with van der Waals surface area (Å²) >= 11 is 0. The van der Waals surface area contributed by atoms with E-state index in [1.54, 1.807) is 31.3 Å². The molecule has 188 valence electrons. The van der Waals surface area contributed by atoms with Gasteiger partial charge in [0.25, 0.3) is 5.56 Å². The molecule has 1 saturated carbocycles. The zero-order chi connectivity index (χ0) is 25.7. The molecule has 0 aliphatic heterocycles. The number of aromatic nitrogens is 4. The Labute approximate surface area is 206 Å². The zero-order valence-corrected chi connectivity index (χ0v) is 20.1. The van der Waals surface area contributed by atoms with E-state index in [1.165, 1.54) is 54.6 Å². The third-order valence-corrected chi connectivity index (χ3v) is 6.21. The van der Waals surface area contributed by atoms with Crippen LogP contribution in [0.3, 0.4) is 0 Å². The lowest BCUT2D eigenvalue weighted by molar-refractivity contribution is -0.0507. The summed E-state index contributed by atoms with van der Waals surface area (Å²) in [6.07, 6.45) is 7.89. The number of fused-ring (bicyclic) bond motifs is 1. The topological polar surface area (TPSA) is 69.9 Å². The highest BCUT2D eigenvalue weighted by atomic mass is 19.3. The van der Waals surface area contributed by atoms with Gasteiger partial charge in [-0.3, -0.25) is 19.3 Å². The van der Waals surface area contributed by atoms with Crippen LogP contribution in [-0.2, 0) is 6.54 Å². The van der Waals surface area contributed by atoms with Crippen LogP contribution in [0.25, 0.3) is 11.2 Å². The van der Waals surface area contributed by atoms with Gasteiger partial charge in [0.1, 0.15) is 22.8 Å². The van der Waals surface area contributed by atoms with E-state index in [4.69, 9.17) is 0 Å². The molecule has 1 aromatic carbocycles. The fraction of sp³-hybridized carbons (Fsp3) is 0.333. The van der Waals surface area contributed by atoms with E-state index in [1.807, 2.05) is 13.0 Å². The Morgan fingerprint density at radius 1 is 1.06 bits per heavy atom. The number of halogens is 3. The molecule has 5 rings (SSSR count). The van der Waals surface area contributed by atoms with E-state index in [0.29, 0.717) is 22.8 Å². The van der Waals surface area contributed by atoms with Crippen LogP contribution in [0.2, 0.25) is 0 Å². The molecule has 9 heteroatoms. The molecule has 1 aliphatic carbocycles. The molecule has 0 unspecified atom stereocenters. The molecule has 3 aromatic heterocycles. The van der Waals surface area contributed by atoms with Crippen molar-refractivity contribution in [1.29, 1.82) is 0 Å². The van der Waals surface area contributed by atoms with Gasteiger partial charge < -0.3 is 4.74 Å². The maximum atomic E-state index is 13.5. The number of hydrogen-bond acceptors (Lipinski definition) is 5. The first-order valence-corrected chi connectivity index (χ1v) is 11.8. The molecule has 0 amide bonds. The SMILES string of the molecule is Cc1cccc(F)c1C1CCCC1.Cc1cnc2ccc(=O)n(Cc3ncccc3OC(F)F)c2n1. The van der Waals surface area contributed by atoms with Crippen molar-refractivity contribution in [3.63, 3.8) is 0 Å². The van der Waals surface area contributed by atoms with Crippen LogP contribution >= 0.6 is 0 Å². The first-order chi connectivity index (χ1) is 17.3. The minimum absolute atomic E-state index is 0.00750. The molecule has 6 nitrogen and oxygen atoms in total. The smallest absolute Gasteiger partial charge is 0.387 e. The van der Waals surface area contributed by atoms with Gasteiger partial charge in [-0.2, -0.15) is 8.78 Å². The molecule has 1 aliphatic rings. The molecule has 0 N–H and O–H groups in total. The molecule has 4 aromatic rings. The zero-order valence-electron chi connectivity index (χ0n) is 20.1. The number of ether oxygens (including phenoxy) is 1. The number of benzene rings is 1. The third-order valence-electron chi connectivity index (χ3n) is 6.21. The average molecular weight is 497 g/mol.